The molecule has 5 heteroatoms. The first-order valence-corrected chi connectivity index (χ1v) is 7.19. The molecule has 0 heterocycles. The minimum atomic E-state index is -0.302. The lowest BCUT2D eigenvalue weighted by atomic mass is 10.2. The summed E-state index contributed by atoms with van der Waals surface area (Å²) in [7, 11) is 0. The zero-order chi connectivity index (χ0) is 15.0. The largest absolute Gasteiger partial charge is 0.466 e. The molecule has 4 nitrogen and oxygen atoms in total. The lowest BCUT2D eigenvalue weighted by molar-refractivity contribution is -0.143. The molecule has 1 aromatic carbocycles. The van der Waals surface area contributed by atoms with Crippen LogP contribution in [-0.4, -0.2) is 36.5 Å². The van der Waals surface area contributed by atoms with Crippen LogP contribution in [0, 0.1) is 0 Å². The molecule has 0 saturated heterocycles. The summed E-state index contributed by atoms with van der Waals surface area (Å²) in [5.74, 6) is -0.431. The van der Waals surface area contributed by atoms with Crippen molar-refractivity contribution >= 4 is 27.8 Å². The average molecular weight is 340 g/mol. The maximum absolute atomic E-state index is 12.4. The van der Waals surface area contributed by atoms with E-state index < -0.39 is 0 Å². The lowest BCUT2D eigenvalue weighted by Crippen LogP contribution is -2.33. The van der Waals surface area contributed by atoms with E-state index in [9.17, 15) is 9.59 Å². The molecule has 20 heavy (non-hydrogen) atoms. The van der Waals surface area contributed by atoms with Crippen molar-refractivity contribution in [3.8, 4) is 0 Å². The molecule has 1 rings (SSSR count). The number of esters is 1. The summed E-state index contributed by atoms with van der Waals surface area (Å²) in [5.41, 5.74) is 0.574. The standard InChI is InChI=1S/C15H18BrNO3/c1-3-9-17(10-8-14(18)20-4-2)15(19)12-6-5-7-13(16)11-12/h3,5-7,11H,1,4,8-10H2,2H3. The Labute approximate surface area is 127 Å². The van der Waals surface area contributed by atoms with Gasteiger partial charge in [-0.2, -0.15) is 0 Å². The van der Waals surface area contributed by atoms with Crippen LogP contribution >= 0.6 is 15.9 Å². The number of carbonyl (C=O) groups is 2. The number of benzene rings is 1. The summed E-state index contributed by atoms with van der Waals surface area (Å²) in [4.78, 5) is 25.3. The van der Waals surface area contributed by atoms with E-state index in [1.807, 2.05) is 6.07 Å². The Hall–Kier alpha value is -1.62. The SMILES string of the molecule is C=CCN(CCC(=O)OCC)C(=O)c1cccc(Br)c1. The van der Waals surface area contributed by atoms with Gasteiger partial charge < -0.3 is 9.64 Å². The van der Waals surface area contributed by atoms with Crippen LogP contribution in [0.3, 0.4) is 0 Å². The average Bonchev–Trinajstić information content (AvgIpc) is 2.43. The van der Waals surface area contributed by atoms with Crippen LogP contribution in [0.2, 0.25) is 0 Å². The summed E-state index contributed by atoms with van der Waals surface area (Å²) >= 11 is 3.34. The zero-order valence-electron chi connectivity index (χ0n) is 11.5. The first-order valence-electron chi connectivity index (χ1n) is 6.39. The topological polar surface area (TPSA) is 46.6 Å². The molecule has 0 unspecified atom stereocenters. The van der Waals surface area contributed by atoms with Gasteiger partial charge >= 0.3 is 5.97 Å². The van der Waals surface area contributed by atoms with Gasteiger partial charge in [0.2, 0.25) is 0 Å². The van der Waals surface area contributed by atoms with Crippen molar-refractivity contribution in [2.24, 2.45) is 0 Å². The Bertz CT molecular complexity index is 488. The molecule has 0 N–H and O–H groups in total. The summed E-state index contributed by atoms with van der Waals surface area (Å²) in [6.45, 7) is 6.45. The minimum absolute atomic E-state index is 0.129. The van der Waals surface area contributed by atoms with E-state index in [1.165, 1.54) is 0 Å². The highest BCUT2D eigenvalue weighted by Crippen LogP contribution is 2.14. The second kappa shape index (κ2) is 8.53. The highest BCUT2D eigenvalue weighted by atomic mass is 79.9. The first-order chi connectivity index (χ1) is 9.58. The maximum Gasteiger partial charge on any atom is 0.307 e. The Kier molecular flexibility index (Phi) is 7.01. The molecule has 108 valence electrons. The number of hydrogen-bond acceptors (Lipinski definition) is 3. The molecule has 0 spiro atoms. The molecular weight excluding hydrogens is 322 g/mol. The van der Waals surface area contributed by atoms with Gasteiger partial charge in [0.05, 0.1) is 13.0 Å². The van der Waals surface area contributed by atoms with Crippen LogP contribution in [-0.2, 0) is 9.53 Å². The van der Waals surface area contributed by atoms with Crippen molar-refractivity contribution in [1.82, 2.24) is 4.90 Å². The second-order valence-electron chi connectivity index (χ2n) is 4.11. The quantitative estimate of drug-likeness (QED) is 0.566. The number of nitrogens with zero attached hydrogens (tertiary/aromatic N) is 1. The summed E-state index contributed by atoms with van der Waals surface area (Å²) < 4.78 is 5.70. The van der Waals surface area contributed by atoms with E-state index in [0.29, 0.717) is 25.3 Å². The van der Waals surface area contributed by atoms with Gasteiger partial charge in [0.1, 0.15) is 0 Å². The highest BCUT2D eigenvalue weighted by Gasteiger charge is 2.16. The van der Waals surface area contributed by atoms with Crippen molar-refractivity contribution in [1.29, 1.82) is 0 Å². The second-order valence-corrected chi connectivity index (χ2v) is 5.02. The van der Waals surface area contributed by atoms with Crippen molar-refractivity contribution in [3.05, 3.63) is 47.0 Å². The van der Waals surface area contributed by atoms with E-state index in [0.717, 1.165) is 4.47 Å². The van der Waals surface area contributed by atoms with Gasteiger partial charge in [-0.3, -0.25) is 9.59 Å². The Morgan fingerprint density at radius 1 is 1.45 bits per heavy atom. The normalized spacial score (nSPS) is 9.90. The molecule has 0 saturated carbocycles. The highest BCUT2D eigenvalue weighted by molar-refractivity contribution is 9.10. The fraction of sp³-hybridized carbons (Fsp3) is 0.333. The van der Waals surface area contributed by atoms with Crippen molar-refractivity contribution < 1.29 is 14.3 Å². The van der Waals surface area contributed by atoms with Gasteiger partial charge in [-0.15, -0.1) is 6.58 Å². The number of amides is 1. The molecule has 1 aromatic rings. The van der Waals surface area contributed by atoms with Crippen LogP contribution in [0.25, 0.3) is 0 Å². The van der Waals surface area contributed by atoms with Gasteiger partial charge in [0.15, 0.2) is 0 Å². The molecule has 0 aliphatic carbocycles. The summed E-state index contributed by atoms with van der Waals surface area (Å²) in [5, 5.41) is 0. The van der Waals surface area contributed by atoms with Gasteiger partial charge in [-0.05, 0) is 25.1 Å². The van der Waals surface area contributed by atoms with E-state index in [-0.39, 0.29) is 18.3 Å². The Morgan fingerprint density at radius 2 is 2.20 bits per heavy atom. The van der Waals surface area contributed by atoms with E-state index in [4.69, 9.17) is 4.74 Å². The molecule has 0 bridgehead atoms. The predicted octanol–water partition coefficient (Wildman–Crippen LogP) is 3.03. The predicted molar refractivity (Wildman–Crippen MR) is 81.5 cm³/mol. The fourth-order valence-electron chi connectivity index (χ4n) is 1.70. The molecule has 0 aromatic heterocycles. The van der Waals surface area contributed by atoms with Crippen LogP contribution in [0.15, 0.2) is 41.4 Å². The molecule has 1 amide bonds. The monoisotopic (exact) mass is 339 g/mol. The Morgan fingerprint density at radius 3 is 2.80 bits per heavy atom. The van der Waals surface area contributed by atoms with E-state index in [1.54, 1.807) is 36.1 Å². The van der Waals surface area contributed by atoms with E-state index in [2.05, 4.69) is 22.5 Å². The fourth-order valence-corrected chi connectivity index (χ4v) is 2.09. The molecule has 0 fully saturated rings. The molecule has 0 aliphatic heterocycles. The number of hydrogen-bond donors (Lipinski definition) is 0. The molecule has 0 atom stereocenters. The van der Waals surface area contributed by atoms with Gasteiger partial charge in [0.25, 0.3) is 5.91 Å². The molecule has 0 radical (unpaired) electrons. The Balaban J connectivity index is 2.72. The van der Waals surface area contributed by atoms with Gasteiger partial charge in [-0.1, -0.05) is 28.1 Å². The number of carbonyl (C=O) groups excluding carboxylic acids is 2. The van der Waals surface area contributed by atoms with Crippen molar-refractivity contribution in [2.45, 2.75) is 13.3 Å². The lowest BCUT2D eigenvalue weighted by Gasteiger charge is -2.20. The van der Waals surface area contributed by atoms with Gasteiger partial charge in [-0.25, -0.2) is 0 Å². The third-order valence-corrected chi connectivity index (χ3v) is 3.09. The third-order valence-electron chi connectivity index (χ3n) is 2.60. The van der Waals surface area contributed by atoms with Crippen molar-refractivity contribution in [2.75, 3.05) is 19.7 Å². The zero-order valence-corrected chi connectivity index (χ0v) is 13.1. The maximum atomic E-state index is 12.4. The number of rotatable bonds is 7. The van der Waals surface area contributed by atoms with Crippen LogP contribution in [0.4, 0.5) is 0 Å². The first kappa shape index (κ1) is 16.4. The van der Waals surface area contributed by atoms with Crippen molar-refractivity contribution in [3.63, 3.8) is 0 Å². The van der Waals surface area contributed by atoms with Gasteiger partial charge in [0, 0.05) is 23.1 Å². The van der Waals surface area contributed by atoms with Crippen LogP contribution in [0.5, 0.6) is 0 Å². The summed E-state index contributed by atoms with van der Waals surface area (Å²) in [6.07, 6.45) is 1.82. The molecule has 0 aliphatic rings. The van der Waals surface area contributed by atoms with E-state index >= 15 is 0 Å². The smallest absolute Gasteiger partial charge is 0.307 e. The number of ether oxygens (including phenoxy) is 1. The van der Waals surface area contributed by atoms with Crippen LogP contribution < -0.4 is 0 Å². The van der Waals surface area contributed by atoms with Crippen LogP contribution in [0.1, 0.15) is 23.7 Å². The minimum Gasteiger partial charge on any atom is -0.466 e. The number of halogens is 1. The third kappa shape index (κ3) is 5.17. The molecular formula is C15H18BrNO3. The summed E-state index contributed by atoms with van der Waals surface area (Å²) in [6, 6.07) is 7.15.